The summed E-state index contributed by atoms with van der Waals surface area (Å²) in [4.78, 5) is 0. The van der Waals surface area contributed by atoms with E-state index in [2.05, 4.69) is 31.8 Å². The minimum absolute atomic E-state index is 1.01. The van der Waals surface area contributed by atoms with E-state index in [1.54, 1.807) is 0 Å². The molecule has 1 N–H and O–H groups in total. The second-order valence-electron chi connectivity index (χ2n) is 3.09. The first-order chi connectivity index (χ1) is 5.77. The van der Waals surface area contributed by atoms with Crippen molar-refractivity contribution in [3.8, 4) is 0 Å². The highest BCUT2D eigenvalue weighted by molar-refractivity contribution is 5.36. The number of dihydropyridines is 1. The third-order valence-electron chi connectivity index (χ3n) is 2.07. The highest BCUT2D eigenvalue weighted by Gasteiger charge is 2.06. The molecule has 1 nitrogen and oxygen atoms in total. The molecule has 0 atom stereocenters. The van der Waals surface area contributed by atoms with E-state index in [0.717, 1.165) is 18.5 Å². The predicted molar refractivity (Wildman–Crippen MR) is 53.6 cm³/mol. The molecule has 0 saturated carbocycles. The molecular formula is C11H17N. The molecule has 1 aliphatic heterocycles. The number of allylic oxidation sites excluding steroid dienone is 4. The van der Waals surface area contributed by atoms with Crippen molar-refractivity contribution in [1.29, 1.82) is 0 Å². The average molecular weight is 163 g/mol. The van der Waals surface area contributed by atoms with Gasteiger partial charge in [-0.2, -0.15) is 0 Å². The average Bonchev–Trinajstić information content (AvgIpc) is 2.05. The van der Waals surface area contributed by atoms with Crippen LogP contribution < -0.4 is 5.32 Å². The number of nitrogens with one attached hydrogen (secondary N) is 1. The summed E-state index contributed by atoms with van der Waals surface area (Å²) in [6.45, 7) is 8.27. The van der Waals surface area contributed by atoms with Crippen molar-refractivity contribution in [2.45, 2.75) is 33.1 Å². The lowest BCUT2D eigenvalue weighted by molar-refractivity contribution is 0.795. The van der Waals surface area contributed by atoms with E-state index >= 15 is 0 Å². The molecule has 0 unspecified atom stereocenters. The summed E-state index contributed by atoms with van der Waals surface area (Å²) in [6, 6.07) is 0. The molecule has 66 valence electrons. The van der Waals surface area contributed by atoms with Crippen molar-refractivity contribution < 1.29 is 0 Å². The van der Waals surface area contributed by atoms with E-state index in [1.165, 1.54) is 17.7 Å². The van der Waals surface area contributed by atoms with Crippen LogP contribution in [0.4, 0.5) is 0 Å². The summed E-state index contributed by atoms with van der Waals surface area (Å²) in [7, 11) is 0. The van der Waals surface area contributed by atoms with Crippen molar-refractivity contribution in [3.05, 3.63) is 35.7 Å². The first-order valence-electron chi connectivity index (χ1n) is 4.64. The summed E-state index contributed by atoms with van der Waals surface area (Å²) >= 11 is 0. The molecule has 0 amide bonds. The summed E-state index contributed by atoms with van der Waals surface area (Å²) in [6.07, 6.45) is 7.63. The topological polar surface area (TPSA) is 12.0 Å². The zero-order valence-corrected chi connectivity index (χ0v) is 7.98. The zero-order chi connectivity index (χ0) is 8.97. The van der Waals surface area contributed by atoms with Crippen LogP contribution in [0.2, 0.25) is 0 Å². The molecule has 12 heavy (non-hydrogen) atoms. The van der Waals surface area contributed by atoms with Crippen LogP contribution in [0.1, 0.15) is 33.1 Å². The van der Waals surface area contributed by atoms with Crippen LogP contribution in [-0.2, 0) is 0 Å². The van der Waals surface area contributed by atoms with E-state index in [4.69, 9.17) is 0 Å². The molecular weight excluding hydrogens is 146 g/mol. The Morgan fingerprint density at radius 2 is 2.08 bits per heavy atom. The molecule has 0 saturated heterocycles. The van der Waals surface area contributed by atoms with Gasteiger partial charge in [0, 0.05) is 11.4 Å². The standard InChI is InChI=1S/C11H17N/c1-4-6-11-10(5-2)8-7-9(3)12-11/h7-8,12H,3-6H2,1-2H3. The van der Waals surface area contributed by atoms with Gasteiger partial charge in [-0.1, -0.05) is 32.9 Å². The van der Waals surface area contributed by atoms with Crippen molar-refractivity contribution in [3.63, 3.8) is 0 Å². The Hall–Kier alpha value is -0.980. The number of hydrogen-bond donors (Lipinski definition) is 1. The van der Waals surface area contributed by atoms with Gasteiger partial charge in [0.2, 0.25) is 0 Å². The van der Waals surface area contributed by atoms with E-state index < -0.39 is 0 Å². The van der Waals surface area contributed by atoms with Crippen LogP contribution in [0.5, 0.6) is 0 Å². The number of hydrogen-bond acceptors (Lipinski definition) is 1. The van der Waals surface area contributed by atoms with Gasteiger partial charge < -0.3 is 5.32 Å². The maximum Gasteiger partial charge on any atom is 0.0308 e. The Bertz CT molecular complexity index is 233. The van der Waals surface area contributed by atoms with Crippen molar-refractivity contribution in [2.24, 2.45) is 0 Å². The van der Waals surface area contributed by atoms with Crippen LogP contribution in [0.3, 0.4) is 0 Å². The first kappa shape index (κ1) is 9.11. The van der Waals surface area contributed by atoms with Crippen molar-refractivity contribution in [2.75, 3.05) is 0 Å². The minimum atomic E-state index is 1.01. The van der Waals surface area contributed by atoms with Crippen LogP contribution >= 0.6 is 0 Å². The second-order valence-corrected chi connectivity index (χ2v) is 3.09. The first-order valence-corrected chi connectivity index (χ1v) is 4.64. The molecule has 1 heteroatoms. The lowest BCUT2D eigenvalue weighted by Gasteiger charge is -2.18. The largest absolute Gasteiger partial charge is 0.359 e. The Kier molecular flexibility index (Phi) is 3.15. The molecule has 0 aromatic rings. The summed E-state index contributed by atoms with van der Waals surface area (Å²) in [5, 5.41) is 3.32. The normalized spacial score (nSPS) is 16.7. The lowest BCUT2D eigenvalue weighted by atomic mass is 10.0. The van der Waals surface area contributed by atoms with Crippen LogP contribution in [0, 0.1) is 0 Å². The van der Waals surface area contributed by atoms with Gasteiger partial charge in [0.05, 0.1) is 0 Å². The summed E-state index contributed by atoms with van der Waals surface area (Å²) in [5.74, 6) is 0. The van der Waals surface area contributed by atoms with Crippen molar-refractivity contribution >= 4 is 0 Å². The molecule has 0 spiro atoms. The SMILES string of the molecule is C=C1C=CC(CC)=C(CCC)N1. The van der Waals surface area contributed by atoms with Gasteiger partial charge in [0.1, 0.15) is 0 Å². The van der Waals surface area contributed by atoms with Gasteiger partial charge in [0.15, 0.2) is 0 Å². The molecule has 0 aliphatic carbocycles. The molecule has 0 bridgehead atoms. The summed E-state index contributed by atoms with van der Waals surface area (Å²) in [5.41, 5.74) is 3.78. The number of rotatable bonds is 3. The maximum absolute atomic E-state index is 3.88. The van der Waals surface area contributed by atoms with Gasteiger partial charge in [-0.15, -0.1) is 0 Å². The minimum Gasteiger partial charge on any atom is -0.359 e. The smallest absolute Gasteiger partial charge is 0.0308 e. The third kappa shape index (κ3) is 2.00. The fourth-order valence-electron chi connectivity index (χ4n) is 1.42. The van der Waals surface area contributed by atoms with Crippen LogP contribution in [0.15, 0.2) is 35.7 Å². The Labute approximate surface area is 74.9 Å². The van der Waals surface area contributed by atoms with Crippen LogP contribution in [-0.4, -0.2) is 0 Å². The molecule has 0 radical (unpaired) electrons. The molecule has 0 aromatic carbocycles. The zero-order valence-electron chi connectivity index (χ0n) is 7.98. The quantitative estimate of drug-likeness (QED) is 0.674. The molecule has 1 rings (SSSR count). The highest BCUT2D eigenvalue weighted by atomic mass is 14.9. The Morgan fingerprint density at radius 3 is 2.67 bits per heavy atom. The van der Waals surface area contributed by atoms with E-state index in [0.29, 0.717) is 0 Å². The van der Waals surface area contributed by atoms with Gasteiger partial charge in [-0.25, -0.2) is 0 Å². The maximum atomic E-state index is 3.88. The van der Waals surface area contributed by atoms with E-state index in [-0.39, 0.29) is 0 Å². The van der Waals surface area contributed by atoms with Gasteiger partial charge in [-0.05, 0) is 24.5 Å². The Balaban J connectivity index is 2.78. The Morgan fingerprint density at radius 1 is 1.33 bits per heavy atom. The fourth-order valence-corrected chi connectivity index (χ4v) is 1.42. The fraction of sp³-hybridized carbons (Fsp3) is 0.455. The van der Waals surface area contributed by atoms with Gasteiger partial charge >= 0.3 is 0 Å². The second kappa shape index (κ2) is 4.15. The van der Waals surface area contributed by atoms with Crippen molar-refractivity contribution in [1.82, 2.24) is 5.32 Å². The molecule has 0 aromatic heterocycles. The monoisotopic (exact) mass is 163 g/mol. The predicted octanol–water partition coefficient (Wildman–Crippen LogP) is 3.12. The molecule has 0 fully saturated rings. The van der Waals surface area contributed by atoms with Crippen LogP contribution in [0.25, 0.3) is 0 Å². The molecule has 1 heterocycles. The third-order valence-corrected chi connectivity index (χ3v) is 2.07. The lowest BCUT2D eigenvalue weighted by Crippen LogP contribution is -2.15. The van der Waals surface area contributed by atoms with Gasteiger partial charge in [-0.3, -0.25) is 0 Å². The van der Waals surface area contributed by atoms with E-state index in [1.807, 2.05) is 6.08 Å². The van der Waals surface area contributed by atoms with E-state index in [9.17, 15) is 0 Å². The van der Waals surface area contributed by atoms with Gasteiger partial charge in [0.25, 0.3) is 0 Å². The highest BCUT2D eigenvalue weighted by Crippen LogP contribution is 2.18. The molecule has 1 aliphatic rings. The summed E-state index contributed by atoms with van der Waals surface area (Å²) < 4.78 is 0.